The van der Waals surface area contributed by atoms with E-state index < -0.39 is 46.3 Å². The first-order valence-electron chi connectivity index (χ1n) is 12.4. The number of aromatic amines is 1. The molecule has 0 bridgehead atoms. The molecule has 1 fully saturated rings. The number of benzene rings is 3. The van der Waals surface area contributed by atoms with Crippen molar-refractivity contribution in [1.82, 2.24) is 4.98 Å². The first-order valence-corrected chi connectivity index (χ1v) is 14.9. The topological polar surface area (TPSA) is 79.5 Å². The maximum atomic E-state index is 14.0. The quantitative estimate of drug-likeness (QED) is 0.236. The third-order valence-electron chi connectivity index (χ3n) is 7.23. The number of aryl methyl sites for hydroxylation is 1. The molecule has 3 heterocycles. The molecule has 0 saturated carbocycles. The molecule has 2 aliphatic rings. The molecule has 41 heavy (non-hydrogen) atoms. The number of nitrogens with zero attached hydrogens (tertiary/aromatic N) is 1. The van der Waals surface area contributed by atoms with E-state index in [2.05, 4.69) is 20.9 Å². The molecule has 3 atom stereocenters. The number of hydrogen-bond donors (Lipinski definition) is 1. The summed E-state index contributed by atoms with van der Waals surface area (Å²) in [6.07, 6.45) is -4.78. The highest BCUT2D eigenvalue weighted by Crippen LogP contribution is 2.55. The Bertz CT molecular complexity index is 1750. The maximum Gasteiger partial charge on any atom is 0.418 e. The van der Waals surface area contributed by atoms with E-state index >= 15 is 0 Å². The van der Waals surface area contributed by atoms with Crippen molar-refractivity contribution < 1.29 is 27.5 Å². The van der Waals surface area contributed by atoms with Crippen LogP contribution in [-0.4, -0.2) is 22.0 Å². The Hall–Kier alpha value is -3.35. The number of halogens is 4. The van der Waals surface area contributed by atoms with E-state index in [9.17, 15) is 27.6 Å². The third-order valence-corrected chi connectivity index (χ3v) is 10.1. The molecule has 0 radical (unpaired) electrons. The Morgan fingerprint density at radius 2 is 1.73 bits per heavy atom. The average molecular weight is 662 g/mol. The number of hydrogen-bond acceptors (Lipinski definition) is 6. The highest BCUT2D eigenvalue weighted by molar-refractivity contribution is 9.10. The van der Waals surface area contributed by atoms with Crippen LogP contribution >= 0.6 is 39.0 Å². The second kappa shape index (κ2) is 10.5. The Balaban J connectivity index is 1.47. The number of amides is 2. The summed E-state index contributed by atoms with van der Waals surface area (Å²) in [7, 11) is 0. The van der Waals surface area contributed by atoms with Crippen molar-refractivity contribution in [3.8, 4) is 5.75 Å². The van der Waals surface area contributed by atoms with Gasteiger partial charge in [-0.25, -0.2) is 4.90 Å². The van der Waals surface area contributed by atoms with Crippen LogP contribution in [0.25, 0.3) is 0 Å². The van der Waals surface area contributed by atoms with Gasteiger partial charge in [0.25, 0.3) is 0 Å². The zero-order valence-electron chi connectivity index (χ0n) is 21.2. The van der Waals surface area contributed by atoms with Gasteiger partial charge in [0.15, 0.2) is 0 Å². The van der Waals surface area contributed by atoms with Crippen LogP contribution in [0.1, 0.15) is 33.0 Å². The Morgan fingerprint density at radius 1 is 1.00 bits per heavy atom. The zero-order valence-corrected chi connectivity index (χ0v) is 24.4. The van der Waals surface area contributed by atoms with Crippen molar-refractivity contribution in [1.29, 1.82) is 0 Å². The maximum absolute atomic E-state index is 14.0. The normalized spacial score (nSPS) is 20.2. The number of thiazole rings is 1. The molecule has 2 aliphatic heterocycles. The number of H-pyrrole nitrogens is 1. The SMILES string of the molecule is Cc1ccccc1COc1ccc(Br)cc1C1c2sc(=O)[nH]c2SC2C(=O)N(c3ccccc3C(F)(F)F)C(=O)C21. The van der Waals surface area contributed by atoms with Crippen LogP contribution in [0, 0.1) is 12.8 Å². The molecular formula is C29H20BrF3N2O4S2. The molecule has 3 aromatic carbocycles. The second-order valence-corrected chi connectivity index (χ2v) is 12.8. The summed E-state index contributed by atoms with van der Waals surface area (Å²) >= 11 is 5.40. The number of aromatic nitrogens is 1. The van der Waals surface area contributed by atoms with Gasteiger partial charge in [0.05, 0.1) is 22.2 Å². The summed E-state index contributed by atoms with van der Waals surface area (Å²) in [5.41, 5.74) is 0.946. The Morgan fingerprint density at radius 3 is 2.49 bits per heavy atom. The standard InChI is InChI=1S/C29H20BrF3N2O4S2/c1-14-6-2-3-7-15(14)13-39-20-11-10-16(30)12-17(20)21-22-24(40-25-23(21)41-28(38)34-25)27(37)35(26(22)36)19-9-5-4-8-18(19)29(31,32)33/h2-12,21-22,24H,13H2,1H3,(H,34,38). The summed E-state index contributed by atoms with van der Waals surface area (Å²) in [5.74, 6) is -2.97. The van der Waals surface area contributed by atoms with Crippen LogP contribution in [0.5, 0.6) is 5.75 Å². The number of rotatable bonds is 5. The minimum atomic E-state index is -4.78. The number of carbonyl (C=O) groups is 2. The molecule has 6 nitrogen and oxygen atoms in total. The molecule has 0 spiro atoms. The molecule has 12 heteroatoms. The molecule has 1 saturated heterocycles. The monoisotopic (exact) mass is 660 g/mol. The number of fused-ring (bicyclic) bond motifs is 2. The zero-order chi connectivity index (χ0) is 29.1. The van der Waals surface area contributed by atoms with Gasteiger partial charge in [-0.3, -0.25) is 14.4 Å². The molecular weight excluding hydrogens is 641 g/mol. The number of carbonyl (C=O) groups excluding carboxylic acids is 2. The summed E-state index contributed by atoms with van der Waals surface area (Å²) in [5, 5.41) is -0.627. The molecule has 2 amide bonds. The highest BCUT2D eigenvalue weighted by Gasteiger charge is 2.57. The number of thioether (sulfide) groups is 1. The molecule has 6 rings (SSSR count). The lowest BCUT2D eigenvalue weighted by atomic mass is 9.82. The fourth-order valence-corrected chi connectivity index (χ4v) is 8.20. The first-order chi connectivity index (χ1) is 19.5. The van der Waals surface area contributed by atoms with Crippen LogP contribution in [0.4, 0.5) is 18.9 Å². The highest BCUT2D eigenvalue weighted by atomic mass is 79.9. The number of nitrogens with one attached hydrogen (secondary N) is 1. The van der Waals surface area contributed by atoms with Gasteiger partial charge in [-0.2, -0.15) is 13.2 Å². The van der Waals surface area contributed by atoms with Gasteiger partial charge in [0.1, 0.15) is 17.6 Å². The predicted molar refractivity (Wildman–Crippen MR) is 154 cm³/mol. The summed E-state index contributed by atoms with van der Waals surface area (Å²) in [4.78, 5) is 43.8. The largest absolute Gasteiger partial charge is 0.489 e. The smallest absolute Gasteiger partial charge is 0.418 e. The number of para-hydroxylation sites is 1. The van der Waals surface area contributed by atoms with E-state index in [4.69, 9.17) is 4.74 Å². The summed E-state index contributed by atoms with van der Waals surface area (Å²) in [6, 6.07) is 17.6. The van der Waals surface area contributed by atoms with Gasteiger partial charge in [0, 0.05) is 20.8 Å². The van der Waals surface area contributed by atoms with Gasteiger partial charge in [-0.15, -0.1) is 0 Å². The number of anilines is 1. The lowest BCUT2D eigenvalue weighted by Gasteiger charge is -2.31. The molecule has 1 N–H and O–H groups in total. The van der Waals surface area contributed by atoms with Crippen LogP contribution in [0.2, 0.25) is 0 Å². The van der Waals surface area contributed by atoms with Crippen LogP contribution in [-0.2, 0) is 22.4 Å². The molecule has 0 aliphatic carbocycles. The van der Waals surface area contributed by atoms with E-state index in [0.29, 0.717) is 30.6 Å². The first kappa shape index (κ1) is 27.8. The van der Waals surface area contributed by atoms with E-state index in [0.717, 1.165) is 46.4 Å². The summed E-state index contributed by atoms with van der Waals surface area (Å²) in [6.45, 7) is 2.19. The van der Waals surface area contributed by atoms with E-state index in [1.54, 1.807) is 18.2 Å². The van der Waals surface area contributed by atoms with Crippen molar-refractivity contribution in [2.24, 2.45) is 5.92 Å². The van der Waals surface area contributed by atoms with Crippen LogP contribution in [0.15, 0.2) is 81.0 Å². The Kier molecular flexibility index (Phi) is 7.11. The molecule has 210 valence electrons. The van der Waals surface area contributed by atoms with Gasteiger partial charge < -0.3 is 9.72 Å². The van der Waals surface area contributed by atoms with E-state index in [1.165, 1.54) is 12.1 Å². The number of imide groups is 1. The van der Waals surface area contributed by atoms with E-state index in [-0.39, 0.29) is 11.5 Å². The van der Waals surface area contributed by atoms with Crippen molar-refractivity contribution >= 4 is 56.5 Å². The number of alkyl halides is 3. The third kappa shape index (κ3) is 4.91. The van der Waals surface area contributed by atoms with Crippen LogP contribution in [0.3, 0.4) is 0 Å². The van der Waals surface area contributed by atoms with Crippen molar-refractivity contribution in [3.05, 3.63) is 108 Å². The minimum absolute atomic E-state index is 0.227. The Labute approximate surface area is 248 Å². The molecule has 1 aromatic heterocycles. The predicted octanol–water partition coefficient (Wildman–Crippen LogP) is 6.90. The van der Waals surface area contributed by atoms with E-state index in [1.807, 2.05) is 31.2 Å². The fraction of sp³-hybridized carbons (Fsp3) is 0.207. The van der Waals surface area contributed by atoms with Crippen molar-refractivity contribution in [3.63, 3.8) is 0 Å². The molecule has 3 unspecified atom stereocenters. The fourth-order valence-electron chi connectivity index (χ4n) is 5.32. The van der Waals surface area contributed by atoms with Gasteiger partial charge in [-0.05, 0) is 48.4 Å². The van der Waals surface area contributed by atoms with Crippen LogP contribution < -0.4 is 14.5 Å². The van der Waals surface area contributed by atoms with Gasteiger partial charge in [-0.1, -0.05) is 75.4 Å². The van der Waals surface area contributed by atoms with Gasteiger partial charge >= 0.3 is 11.0 Å². The lowest BCUT2D eigenvalue weighted by molar-refractivity contribution is -0.137. The lowest BCUT2D eigenvalue weighted by Crippen LogP contribution is -2.33. The molecule has 4 aromatic rings. The van der Waals surface area contributed by atoms with Crippen molar-refractivity contribution in [2.45, 2.75) is 35.9 Å². The van der Waals surface area contributed by atoms with Crippen molar-refractivity contribution in [2.75, 3.05) is 4.90 Å². The minimum Gasteiger partial charge on any atom is -0.489 e. The van der Waals surface area contributed by atoms with Gasteiger partial charge in [0.2, 0.25) is 11.8 Å². The number of ether oxygens (including phenoxy) is 1. The average Bonchev–Trinajstić information content (AvgIpc) is 3.42. The summed E-state index contributed by atoms with van der Waals surface area (Å²) < 4.78 is 48.7. The second-order valence-electron chi connectivity index (χ2n) is 9.67.